The number of hydrogen-bond donors (Lipinski definition) is 0. The van der Waals surface area contributed by atoms with Crippen LogP contribution < -0.4 is 4.90 Å². The van der Waals surface area contributed by atoms with Gasteiger partial charge in [-0.25, -0.2) is 4.98 Å². The highest BCUT2D eigenvalue weighted by Gasteiger charge is 2.34. The first-order chi connectivity index (χ1) is 14.7. The van der Waals surface area contributed by atoms with Gasteiger partial charge in [-0.1, -0.05) is 42.5 Å². The summed E-state index contributed by atoms with van der Waals surface area (Å²) in [5.41, 5.74) is 3.75. The highest BCUT2D eigenvalue weighted by Crippen LogP contribution is 2.24. The molecule has 3 heterocycles. The van der Waals surface area contributed by atoms with Crippen LogP contribution in [0.1, 0.15) is 10.5 Å². The molecule has 0 spiro atoms. The maximum Gasteiger partial charge on any atom is 0.274 e. The van der Waals surface area contributed by atoms with Crippen LogP contribution in [0.3, 0.4) is 0 Å². The molecule has 148 valence electrons. The summed E-state index contributed by atoms with van der Waals surface area (Å²) in [6.07, 6.45) is 1.55. The zero-order chi connectivity index (χ0) is 20.5. The Morgan fingerprint density at radius 1 is 0.933 bits per heavy atom. The number of nitrogens with zero attached hydrogens (tertiary/aromatic N) is 6. The monoisotopic (exact) mass is 396 g/mol. The number of amides is 1. The zero-order valence-electron chi connectivity index (χ0n) is 16.5. The highest BCUT2D eigenvalue weighted by atomic mass is 16.2. The molecule has 7 nitrogen and oxygen atoms in total. The van der Waals surface area contributed by atoms with Crippen LogP contribution in [0.2, 0.25) is 0 Å². The Morgan fingerprint density at radius 2 is 1.67 bits per heavy atom. The first-order valence-electron chi connectivity index (χ1n) is 9.82. The maximum atomic E-state index is 12.8. The van der Waals surface area contributed by atoms with Gasteiger partial charge in [0, 0.05) is 25.7 Å². The van der Waals surface area contributed by atoms with Gasteiger partial charge < -0.3 is 9.80 Å². The largest absolute Gasteiger partial charge is 0.351 e. The maximum absolute atomic E-state index is 12.8. The lowest BCUT2D eigenvalue weighted by Gasteiger charge is -2.44. The van der Waals surface area contributed by atoms with Crippen molar-refractivity contribution in [1.29, 1.82) is 0 Å². The SMILES string of the molecule is CN(C(=O)c1cnc2ccccc2n1)C1CN(c2ccc(-c3ccccc3)nn2)C1. The molecule has 1 aliphatic rings. The van der Waals surface area contributed by atoms with Crippen molar-refractivity contribution in [2.24, 2.45) is 0 Å². The summed E-state index contributed by atoms with van der Waals surface area (Å²) in [5, 5.41) is 8.70. The van der Waals surface area contributed by atoms with Gasteiger partial charge in [-0.2, -0.15) is 0 Å². The van der Waals surface area contributed by atoms with E-state index in [2.05, 4.69) is 25.1 Å². The molecule has 0 bridgehead atoms. The third-order valence-corrected chi connectivity index (χ3v) is 5.44. The molecule has 1 amide bonds. The first-order valence-corrected chi connectivity index (χ1v) is 9.82. The van der Waals surface area contributed by atoms with Crippen molar-refractivity contribution in [2.75, 3.05) is 25.0 Å². The van der Waals surface area contributed by atoms with Gasteiger partial charge in [0.2, 0.25) is 0 Å². The summed E-state index contributed by atoms with van der Waals surface area (Å²) < 4.78 is 0. The van der Waals surface area contributed by atoms with Gasteiger partial charge in [-0.15, -0.1) is 10.2 Å². The van der Waals surface area contributed by atoms with Gasteiger partial charge in [0.05, 0.1) is 29.0 Å². The average Bonchev–Trinajstić information content (AvgIpc) is 2.78. The van der Waals surface area contributed by atoms with Crippen LogP contribution in [0.5, 0.6) is 0 Å². The fraction of sp³-hybridized carbons (Fsp3) is 0.174. The summed E-state index contributed by atoms with van der Waals surface area (Å²) in [7, 11) is 1.81. The second-order valence-electron chi connectivity index (χ2n) is 7.36. The lowest BCUT2D eigenvalue weighted by atomic mass is 10.1. The Labute approximate surface area is 174 Å². The molecule has 1 aliphatic heterocycles. The predicted molar refractivity (Wildman–Crippen MR) is 115 cm³/mol. The molecular formula is C23H20N6O. The van der Waals surface area contributed by atoms with E-state index in [1.54, 1.807) is 11.1 Å². The van der Waals surface area contributed by atoms with Gasteiger partial charge >= 0.3 is 0 Å². The molecule has 2 aromatic carbocycles. The number of anilines is 1. The fourth-order valence-corrected chi connectivity index (χ4v) is 3.55. The van der Waals surface area contributed by atoms with E-state index in [1.807, 2.05) is 73.8 Å². The van der Waals surface area contributed by atoms with Gasteiger partial charge in [0.25, 0.3) is 5.91 Å². The Kier molecular flexibility index (Phi) is 4.55. The first kappa shape index (κ1) is 18.2. The van der Waals surface area contributed by atoms with Crippen molar-refractivity contribution >= 4 is 22.8 Å². The number of para-hydroxylation sites is 2. The standard InChI is InChI=1S/C23H20N6O/c1-28(23(30)21-13-24-19-9-5-6-10-20(19)25-21)17-14-29(15-17)22-12-11-18(26-27-22)16-7-3-2-4-8-16/h2-13,17H,14-15H2,1H3. The molecule has 5 rings (SSSR count). The Hall–Kier alpha value is -3.87. The molecular weight excluding hydrogens is 376 g/mol. The smallest absolute Gasteiger partial charge is 0.274 e. The number of rotatable bonds is 4. The second kappa shape index (κ2) is 7.51. The lowest BCUT2D eigenvalue weighted by molar-refractivity contribution is 0.0699. The molecule has 0 saturated carbocycles. The molecule has 0 aliphatic carbocycles. The molecule has 1 saturated heterocycles. The van der Waals surface area contributed by atoms with Crippen molar-refractivity contribution in [2.45, 2.75) is 6.04 Å². The average molecular weight is 396 g/mol. The van der Waals surface area contributed by atoms with E-state index >= 15 is 0 Å². The van der Waals surface area contributed by atoms with Crippen LogP contribution in [0.4, 0.5) is 5.82 Å². The quantitative estimate of drug-likeness (QED) is 0.528. The Balaban J connectivity index is 1.24. The van der Waals surface area contributed by atoms with Crippen LogP contribution >= 0.6 is 0 Å². The molecule has 0 radical (unpaired) electrons. The van der Waals surface area contributed by atoms with Crippen molar-refractivity contribution in [3.8, 4) is 11.3 Å². The van der Waals surface area contributed by atoms with Crippen LogP contribution in [0.15, 0.2) is 72.9 Å². The van der Waals surface area contributed by atoms with Crippen LogP contribution in [0.25, 0.3) is 22.3 Å². The predicted octanol–water partition coefficient (Wildman–Crippen LogP) is 3.05. The van der Waals surface area contributed by atoms with E-state index in [4.69, 9.17) is 0 Å². The van der Waals surface area contributed by atoms with E-state index < -0.39 is 0 Å². The number of fused-ring (bicyclic) bond motifs is 1. The number of carbonyl (C=O) groups is 1. The molecule has 7 heteroatoms. The van der Waals surface area contributed by atoms with Gasteiger partial charge in [0.1, 0.15) is 5.69 Å². The van der Waals surface area contributed by atoms with Gasteiger partial charge in [-0.3, -0.25) is 9.78 Å². The number of hydrogen-bond acceptors (Lipinski definition) is 6. The summed E-state index contributed by atoms with van der Waals surface area (Å²) in [6, 6.07) is 21.6. The van der Waals surface area contributed by atoms with E-state index in [1.165, 1.54) is 0 Å². The molecule has 4 aromatic rings. The van der Waals surface area contributed by atoms with E-state index in [-0.39, 0.29) is 11.9 Å². The summed E-state index contributed by atoms with van der Waals surface area (Å²) in [4.78, 5) is 25.5. The number of aromatic nitrogens is 4. The number of carbonyl (C=O) groups excluding carboxylic acids is 1. The van der Waals surface area contributed by atoms with E-state index in [9.17, 15) is 4.79 Å². The molecule has 0 unspecified atom stereocenters. The van der Waals surface area contributed by atoms with Gasteiger partial charge in [-0.05, 0) is 24.3 Å². The summed E-state index contributed by atoms with van der Waals surface area (Å²) in [6.45, 7) is 1.42. The molecule has 1 fully saturated rings. The van der Waals surface area contributed by atoms with Crippen LogP contribution in [-0.2, 0) is 0 Å². The Bertz CT molecular complexity index is 1190. The van der Waals surface area contributed by atoms with Crippen molar-refractivity contribution in [1.82, 2.24) is 25.1 Å². The van der Waals surface area contributed by atoms with Crippen molar-refractivity contribution in [3.05, 3.63) is 78.6 Å². The van der Waals surface area contributed by atoms with Gasteiger partial charge in [0.15, 0.2) is 5.82 Å². The normalized spacial score (nSPS) is 13.8. The molecule has 0 N–H and O–H groups in total. The molecule has 2 aromatic heterocycles. The minimum absolute atomic E-state index is 0.0985. The third kappa shape index (κ3) is 3.34. The second-order valence-corrected chi connectivity index (χ2v) is 7.36. The molecule has 30 heavy (non-hydrogen) atoms. The van der Waals surface area contributed by atoms with E-state index in [0.717, 1.165) is 28.1 Å². The Morgan fingerprint density at radius 3 is 2.40 bits per heavy atom. The van der Waals surface area contributed by atoms with Crippen molar-refractivity contribution < 1.29 is 4.79 Å². The molecule has 0 atom stereocenters. The fourth-order valence-electron chi connectivity index (χ4n) is 3.55. The van der Waals surface area contributed by atoms with Crippen LogP contribution in [0, 0.1) is 0 Å². The number of benzene rings is 2. The topological polar surface area (TPSA) is 75.1 Å². The zero-order valence-corrected chi connectivity index (χ0v) is 16.5. The summed E-state index contributed by atoms with van der Waals surface area (Å²) >= 11 is 0. The third-order valence-electron chi connectivity index (χ3n) is 5.44. The lowest BCUT2D eigenvalue weighted by Crippen LogP contribution is -2.60. The van der Waals surface area contributed by atoms with E-state index in [0.29, 0.717) is 18.8 Å². The minimum Gasteiger partial charge on any atom is -0.351 e. The van der Waals surface area contributed by atoms with Crippen molar-refractivity contribution in [3.63, 3.8) is 0 Å². The minimum atomic E-state index is -0.122. The van der Waals surface area contributed by atoms with Crippen LogP contribution in [-0.4, -0.2) is 57.2 Å². The summed E-state index contributed by atoms with van der Waals surface area (Å²) in [5.74, 6) is 0.695. The number of likely N-dealkylation sites (N-methyl/N-ethyl adjacent to an activating group) is 1. The highest BCUT2D eigenvalue weighted by molar-refractivity contribution is 5.94.